The Hall–Kier alpha value is -2.44. The fourth-order valence-electron chi connectivity index (χ4n) is 8.64. The number of esters is 1. The van der Waals surface area contributed by atoms with E-state index in [4.69, 9.17) is 4.74 Å². The van der Waals surface area contributed by atoms with Crippen LogP contribution in [0.5, 0.6) is 0 Å². The van der Waals surface area contributed by atoms with Crippen molar-refractivity contribution in [3.05, 3.63) is 60.8 Å². The Morgan fingerprint density at radius 3 is 1.18 bits per heavy atom. The Morgan fingerprint density at radius 1 is 0.433 bits per heavy atom. The standard InChI is InChI=1S/C61H111NO5/c1-4-7-10-13-16-19-22-25-28-30-33-36-39-42-45-48-51-54-61(66)67-57(52-49-46-43-40-37-34-31-27-24-21-18-15-12-9-6-3)55-60(65)62-58(56-63)59(64)53-50-47-44-41-38-35-32-29-26-23-20-17-14-11-8-5-2/h16,18-19,21,25,27-28,31,33,36,57-59,63-64H,4-15,17,20,22-24,26,29-30,32,34-35,37-56H2,1-3H3,(H,62,65)/b19-16-,21-18-,28-25-,31-27-,36-33-. The second kappa shape index (κ2) is 54.5. The molecule has 3 atom stereocenters. The summed E-state index contributed by atoms with van der Waals surface area (Å²) >= 11 is 0. The predicted molar refractivity (Wildman–Crippen MR) is 292 cm³/mol. The van der Waals surface area contributed by atoms with Crippen LogP contribution in [0.25, 0.3) is 0 Å². The first-order chi connectivity index (χ1) is 33.0. The first-order valence-corrected chi connectivity index (χ1v) is 29.0. The lowest BCUT2D eigenvalue weighted by Gasteiger charge is -2.24. The van der Waals surface area contributed by atoms with Crippen molar-refractivity contribution in [3.8, 4) is 0 Å². The molecule has 0 saturated carbocycles. The minimum absolute atomic E-state index is 0.0587. The van der Waals surface area contributed by atoms with Crippen LogP contribution in [-0.4, -0.2) is 46.9 Å². The van der Waals surface area contributed by atoms with Gasteiger partial charge in [-0.25, -0.2) is 0 Å². The zero-order valence-electron chi connectivity index (χ0n) is 44.5. The van der Waals surface area contributed by atoms with Gasteiger partial charge in [0.05, 0.1) is 25.2 Å². The largest absolute Gasteiger partial charge is 0.462 e. The van der Waals surface area contributed by atoms with E-state index in [0.717, 1.165) is 96.3 Å². The summed E-state index contributed by atoms with van der Waals surface area (Å²) < 4.78 is 5.95. The number of aliphatic hydroxyl groups excluding tert-OH is 2. The van der Waals surface area contributed by atoms with Crippen molar-refractivity contribution >= 4 is 11.9 Å². The van der Waals surface area contributed by atoms with E-state index in [-0.39, 0.29) is 24.9 Å². The van der Waals surface area contributed by atoms with Crippen molar-refractivity contribution in [3.63, 3.8) is 0 Å². The molecule has 0 heterocycles. The van der Waals surface area contributed by atoms with E-state index in [0.29, 0.717) is 19.3 Å². The van der Waals surface area contributed by atoms with Crippen LogP contribution in [0.4, 0.5) is 0 Å². The summed E-state index contributed by atoms with van der Waals surface area (Å²) in [6, 6.07) is -0.713. The highest BCUT2D eigenvalue weighted by Gasteiger charge is 2.24. The second-order valence-corrected chi connectivity index (χ2v) is 19.7. The molecule has 0 saturated heterocycles. The number of hydrogen-bond acceptors (Lipinski definition) is 5. The lowest BCUT2D eigenvalue weighted by Crippen LogP contribution is -2.46. The van der Waals surface area contributed by atoms with Crippen molar-refractivity contribution in [2.45, 2.75) is 309 Å². The smallest absolute Gasteiger partial charge is 0.306 e. The number of aliphatic hydroxyl groups is 2. The molecule has 6 nitrogen and oxygen atoms in total. The minimum atomic E-state index is -0.798. The number of rotatable bonds is 52. The maximum atomic E-state index is 13.3. The Kier molecular flexibility index (Phi) is 52.5. The van der Waals surface area contributed by atoms with Crippen LogP contribution in [0.2, 0.25) is 0 Å². The van der Waals surface area contributed by atoms with Crippen LogP contribution in [0.1, 0.15) is 290 Å². The molecule has 0 aliphatic rings. The molecule has 0 radical (unpaired) electrons. The lowest BCUT2D eigenvalue weighted by atomic mass is 10.0. The van der Waals surface area contributed by atoms with E-state index in [1.165, 1.54) is 148 Å². The van der Waals surface area contributed by atoms with E-state index < -0.39 is 18.2 Å². The van der Waals surface area contributed by atoms with E-state index >= 15 is 0 Å². The quantitative estimate of drug-likeness (QED) is 0.0321. The molecule has 0 fully saturated rings. The molecule has 390 valence electrons. The molecule has 6 heteroatoms. The van der Waals surface area contributed by atoms with E-state index in [9.17, 15) is 19.8 Å². The van der Waals surface area contributed by atoms with Gasteiger partial charge < -0.3 is 20.3 Å². The maximum Gasteiger partial charge on any atom is 0.306 e. The Labute approximate surface area is 416 Å². The fourth-order valence-corrected chi connectivity index (χ4v) is 8.64. The van der Waals surface area contributed by atoms with Gasteiger partial charge in [0.2, 0.25) is 5.91 Å². The zero-order chi connectivity index (χ0) is 48.8. The first kappa shape index (κ1) is 64.6. The Morgan fingerprint density at radius 2 is 0.761 bits per heavy atom. The second-order valence-electron chi connectivity index (χ2n) is 19.7. The van der Waals surface area contributed by atoms with Gasteiger partial charge in [-0.1, -0.05) is 242 Å². The summed E-state index contributed by atoms with van der Waals surface area (Å²) in [6.07, 6.45) is 68.5. The number of ether oxygens (including phenoxy) is 1. The van der Waals surface area contributed by atoms with Gasteiger partial charge in [-0.2, -0.15) is 0 Å². The number of carbonyl (C=O) groups is 2. The van der Waals surface area contributed by atoms with E-state index in [1.54, 1.807) is 0 Å². The molecule has 0 bridgehead atoms. The van der Waals surface area contributed by atoms with Gasteiger partial charge in [-0.3, -0.25) is 9.59 Å². The van der Waals surface area contributed by atoms with Crippen LogP contribution in [0, 0.1) is 0 Å². The average Bonchev–Trinajstić information content (AvgIpc) is 3.32. The summed E-state index contributed by atoms with van der Waals surface area (Å²) in [7, 11) is 0. The van der Waals surface area contributed by atoms with Crippen LogP contribution in [-0.2, 0) is 14.3 Å². The third-order valence-corrected chi connectivity index (χ3v) is 13.1. The summed E-state index contributed by atoms with van der Waals surface area (Å²) in [5.74, 6) is -0.506. The van der Waals surface area contributed by atoms with Gasteiger partial charge in [0, 0.05) is 6.42 Å². The van der Waals surface area contributed by atoms with Crippen molar-refractivity contribution < 1.29 is 24.5 Å². The van der Waals surface area contributed by atoms with Gasteiger partial charge in [0.25, 0.3) is 0 Å². The normalized spacial score (nSPS) is 13.6. The maximum absolute atomic E-state index is 13.3. The number of carbonyl (C=O) groups excluding carboxylic acids is 2. The summed E-state index contributed by atoms with van der Waals surface area (Å²) in [5, 5.41) is 23.9. The molecular weight excluding hydrogens is 827 g/mol. The summed E-state index contributed by atoms with van der Waals surface area (Å²) in [6.45, 7) is 6.45. The average molecular weight is 939 g/mol. The predicted octanol–water partition coefficient (Wildman–Crippen LogP) is 18.0. The zero-order valence-corrected chi connectivity index (χ0v) is 44.5. The Bertz CT molecular complexity index is 1190. The van der Waals surface area contributed by atoms with E-state index in [1.807, 2.05) is 0 Å². The van der Waals surface area contributed by atoms with Crippen molar-refractivity contribution in [1.29, 1.82) is 0 Å². The third-order valence-electron chi connectivity index (χ3n) is 13.1. The molecule has 3 unspecified atom stereocenters. The highest BCUT2D eigenvalue weighted by atomic mass is 16.5. The number of unbranched alkanes of at least 4 members (excludes halogenated alkanes) is 30. The van der Waals surface area contributed by atoms with Gasteiger partial charge in [0.1, 0.15) is 6.10 Å². The van der Waals surface area contributed by atoms with E-state index in [2.05, 4.69) is 86.8 Å². The summed E-state index contributed by atoms with van der Waals surface area (Å²) in [4.78, 5) is 26.3. The Balaban J connectivity index is 4.60. The van der Waals surface area contributed by atoms with Gasteiger partial charge >= 0.3 is 5.97 Å². The topological polar surface area (TPSA) is 95.9 Å². The molecule has 0 aromatic rings. The van der Waals surface area contributed by atoms with Crippen LogP contribution in [0.3, 0.4) is 0 Å². The number of amides is 1. The molecule has 0 aliphatic heterocycles. The molecule has 0 aromatic heterocycles. The monoisotopic (exact) mass is 938 g/mol. The van der Waals surface area contributed by atoms with Crippen molar-refractivity contribution in [2.24, 2.45) is 0 Å². The molecule has 3 N–H and O–H groups in total. The molecule has 67 heavy (non-hydrogen) atoms. The van der Waals surface area contributed by atoms with Crippen LogP contribution >= 0.6 is 0 Å². The highest BCUT2D eigenvalue weighted by molar-refractivity contribution is 5.77. The van der Waals surface area contributed by atoms with Crippen LogP contribution in [0.15, 0.2) is 60.8 Å². The minimum Gasteiger partial charge on any atom is -0.462 e. The molecular formula is C61H111NO5. The van der Waals surface area contributed by atoms with Crippen LogP contribution < -0.4 is 5.32 Å². The third kappa shape index (κ3) is 49.8. The van der Waals surface area contributed by atoms with Gasteiger partial charge in [0.15, 0.2) is 0 Å². The number of nitrogens with one attached hydrogen (secondary N) is 1. The molecule has 0 aliphatic carbocycles. The molecule has 0 aromatic carbocycles. The summed E-state index contributed by atoms with van der Waals surface area (Å²) in [5.41, 5.74) is 0. The van der Waals surface area contributed by atoms with Gasteiger partial charge in [-0.15, -0.1) is 0 Å². The lowest BCUT2D eigenvalue weighted by molar-refractivity contribution is -0.151. The number of allylic oxidation sites excluding steroid dienone is 10. The highest BCUT2D eigenvalue weighted by Crippen LogP contribution is 2.18. The van der Waals surface area contributed by atoms with Gasteiger partial charge in [-0.05, 0) is 96.3 Å². The van der Waals surface area contributed by atoms with Crippen molar-refractivity contribution in [1.82, 2.24) is 5.32 Å². The SMILES string of the molecule is CCCCC/C=C\C/C=C\C/C=C\CCCCCCC(=O)OC(CCCCCCC/C=C\C/C=C\CCCCC)CC(=O)NC(CO)C(O)CCCCCCCCCCCCCCCCCC. The molecule has 0 rings (SSSR count). The van der Waals surface area contributed by atoms with Crippen molar-refractivity contribution in [2.75, 3.05) is 6.61 Å². The number of hydrogen-bond donors (Lipinski definition) is 3. The molecule has 1 amide bonds. The fraction of sp³-hybridized carbons (Fsp3) is 0.803. The first-order valence-electron chi connectivity index (χ1n) is 29.0. The molecule has 0 spiro atoms.